The number of carbonyl (C=O) groups excluding carboxylic acids is 2. The molecule has 0 aliphatic rings. The number of benzene rings is 2. The van der Waals surface area contributed by atoms with E-state index >= 15 is 0 Å². The van der Waals surface area contributed by atoms with Crippen LogP contribution in [0.5, 0.6) is 17.2 Å². The second-order valence-corrected chi connectivity index (χ2v) is 6.91. The first-order chi connectivity index (χ1) is 14.9. The molecular formula is C23H25N3O5. The lowest BCUT2D eigenvalue weighted by molar-refractivity contribution is -0.123. The monoisotopic (exact) mass is 423 g/mol. The van der Waals surface area contributed by atoms with Crippen molar-refractivity contribution in [2.45, 2.75) is 13.0 Å². The first kappa shape index (κ1) is 21.9. The van der Waals surface area contributed by atoms with Crippen LogP contribution in [0.25, 0.3) is 0 Å². The second-order valence-electron chi connectivity index (χ2n) is 6.91. The fourth-order valence-electron chi connectivity index (χ4n) is 3.09. The van der Waals surface area contributed by atoms with Crippen LogP contribution in [-0.4, -0.2) is 42.1 Å². The third kappa shape index (κ3) is 5.42. The van der Waals surface area contributed by atoms with Crippen molar-refractivity contribution in [2.24, 2.45) is 7.05 Å². The van der Waals surface area contributed by atoms with Crippen LogP contribution in [0.4, 0.5) is 0 Å². The van der Waals surface area contributed by atoms with Gasteiger partial charge >= 0.3 is 0 Å². The zero-order valence-corrected chi connectivity index (χ0v) is 17.9. The van der Waals surface area contributed by atoms with Crippen LogP contribution < -0.4 is 19.5 Å². The van der Waals surface area contributed by atoms with Crippen molar-refractivity contribution < 1.29 is 23.8 Å². The Labute approximate surface area is 180 Å². The van der Waals surface area contributed by atoms with Crippen molar-refractivity contribution in [1.29, 1.82) is 0 Å². The lowest BCUT2D eigenvalue weighted by Crippen LogP contribution is -2.34. The van der Waals surface area contributed by atoms with Crippen LogP contribution in [0.2, 0.25) is 0 Å². The number of aryl methyl sites for hydroxylation is 1. The maximum absolute atomic E-state index is 12.7. The van der Waals surface area contributed by atoms with Crippen LogP contribution in [-0.2, 0) is 11.8 Å². The number of Topliss-reactive ketones (excluding diaryl/α,β-unsaturated/α-hetero) is 1. The normalized spacial score (nSPS) is 11.5. The Morgan fingerprint density at radius 2 is 1.68 bits per heavy atom. The van der Waals surface area contributed by atoms with Crippen LogP contribution >= 0.6 is 0 Å². The number of hydrogen-bond acceptors (Lipinski definition) is 6. The van der Waals surface area contributed by atoms with Gasteiger partial charge in [0, 0.05) is 31.1 Å². The molecule has 0 spiro atoms. The number of aromatic nitrogens is 2. The third-order valence-corrected chi connectivity index (χ3v) is 4.76. The first-order valence-corrected chi connectivity index (χ1v) is 9.64. The SMILES string of the molecule is COc1cc(OC)cc([C@@H](NC(=O)COc2ccc(C(C)=O)cc2)c2nccn2C)c1. The summed E-state index contributed by atoms with van der Waals surface area (Å²) < 4.78 is 18.1. The number of ketones is 1. The molecule has 2 aromatic carbocycles. The number of imidazole rings is 1. The van der Waals surface area contributed by atoms with E-state index in [1.54, 1.807) is 56.9 Å². The Balaban J connectivity index is 1.79. The highest BCUT2D eigenvalue weighted by atomic mass is 16.5. The average molecular weight is 423 g/mol. The van der Waals surface area contributed by atoms with E-state index in [1.165, 1.54) is 6.92 Å². The van der Waals surface area contributed by atoms with Crippen molar-refractivity contribution in [3.05, 3.63) is 71.8 Å². The van der Waals surface area contributed by atoms with E-state index in [-0.39, 0.29) is 18.3 Å². The molecule has 0 unspecified atom stereocenters. The highest BCUT2D eigenvalue weighted by molar-refractivity contribution is 5.94. The molecule has 0 saturated heterocycles. The van der Waals surface area contributed by atoms with Crippen LogP contribution in [0.1, 0.15) is 34.7 Å². The summed E-state index contributed by atoms with van der Waals surface area (Å²) in [5.74, 6) is 1.99. The molecule has 0 aliphatic carbocycles. The van der Waals surface area contributed by atoms with Crippen LogP contribution in [0, 0.1) is 0 Å². The molecule has 1 atom stereocenters. The fraction of sp³-hybridized carbons (Fsp3) is 0.261. The number of nitrogens with zero attached hydrogens (tertiary/aromatic N) is 2. The van der Waals surface area contributed by atoms with Gasteiger partial charge in [-0.15, -0.1) is 0 Å². The summed E-state index contributed by atoms with van der Waals surface area (Å²) in [6, 6.07) is 11.5. The number of amides is 1. The predicted molar refractivity (Wildman–Crippen MR) is 115 cm³/mol. The molecule has 8 nitrogen and oxygen atoms in total. The molecule has 1 amide bonds. The van der Waals surface area contributed by atoms with Crippen LogP contribution in [0.15, 0.2) is 54.9 Å². The van der Waals surface area contributed by atoms with Gasteiger partial charge in [-0.1, -0.05) is 0 Å². The van der Waals surface area contributed by atoms with E-state index in [0.29, 0.717) is 28.6 Å². The molecule has 31 heavy (non-hydrogen) atoms. The van der Waals surface area contributed by atoms with E-state index in [4.69, 9.17) is 14.2 Å². The quantitative estimate of drug-likeness (QED) is 0.532. The molecule has 0 bridgehead atoms. The number of carbonyl (C=O) groups is 2. The van der Waals surface area contributed by atoms with Gasteiger partial charge < -0.3 is 24.1 Å². The summed E-state index contributed by atoms with van der Waals surface area (Å²) in [7, 11) is 4.99. The minimum atomic E-state index is -0.541. The standard InChI is InChI=1S/C23H25N3O5/c1-15(27)16-5-7-18(8-6-16)31-14-21(28)25-22(23-24-9-10-26(23)2)17-11-19(29-3)13-20(12-17)30-4/h5-13,22H,14H2,1-4H3,(H,25,28)/t22-/m1/s1. The topological polar surface area (TPSA) is 91.7 Å². The van der Waals surface area contributed by atoms with Gasteiger partial charge in [-0.05, 0) is 48.9 Å². The average Bonchev–Trinajstić information content (AvgIpc) is 3.21. The Morgan fingerprint density at radius 1 is 1.03 bits per heavy atom. The third-order valence-electron chi connectivity index (χ3n) is 4.76. The highest BCUT2D eigenvalue weighted by Crippen LogP contribution is 2.29. The molecule has 0 saturated carbocycles. The maximum Gasteiger partial charge on any atom is 0.258 e. The van der Waals surface area contributed by atoms with E-state index in [0.717, 1.165) is 5.56 Å². The lowest BCUT2D eigenvalue weighted by Gasteiger charge is -2.20. The summed E-state index contributed by atoms with van der Waals surface area (Å²) in [5.41, 5.74) is 1.34. The lowest BCUT2D eigenvalue weighted by atomic mass is 10.0. The number of rotatable bonds is 9. The van der Waals surface area contributed by atoms with Gasteiger partial charge in [-0.25, -0.2) is 4.98 Å². The summed E-state index contributed by atoms with van der Waals surface area (Å²) in [6.07, 6.45) is 3.47. The minimum Gasteiger partial charge on any atom is -0.497 e. The molecule has 1 heterocycles. The van der Waals surface area contributed by atoms with Gasteiger partial charge in [0.1, 0.15) is 29.1 Å². The maximum atomic E-state index is 12.7. The van der Waals surface area contributed by atoms with Crippen molar-refractivity contribution in [3.8, 4) is 17.2 Å². The second kappa shape index (κ2) is 9.80. The highest BCUT2D eigenvalue weighted by Gasteiger charge is 2.22. The van der Waals surface area contributed by atoms with Gasteiger partial charge in [-0.3, -0.25) is 9.59 Å². The summed E-state index contributed by atoms with van der Waals surface area (Å²) in [6.45, 7) is 1.30. The summed E-state index contributed by atoms with van der Waals surface area (Å²) in [5, 5.41) is 2.97. The largest absolute Gasteiger partial charge is 0.497 e. The van der Waals surface area contributed by atoms with E-state index in [1.807, 2.05) is 23.7 Å². The molecule has 1 N–H and O–H groups in total. The minimum absolute atomic E-state index is 0.0316. The fourth-order valence-corrected chi connectivity index (χ4v) is 3.09. The first-order valence-electron chi connectivity index (χ1n) is 9.64. The van der Waals surface area contributed by atoms with Crippen molar-refractivity contribution in [2.75, 3.05) is 20.8 Å². The van der Waals surface area contributed by atoms with E-state index < -0.39 is 6.04 Å². The van der Waals surface area contributed by atoms with Gasteiger partial charge in [0.15, 0.2) is 12.4 Å². The van der Waals surface area contributed by atoms with Crippen molar-refractivity contribution in [3.63, 3.8) is 0 Å². The Kier molecular flexibility index (Phi) is 6.92. The smallest absolute Gasteiger partial charge is 0.258 e. The Morgan fingerprint density at radius 3 is 2.19 bits per heavy atom. The molecule has 0 aliphatic heterocycles. The molecule has 1 aromatic heterocycles. The predicted octanol–water partition coefficient (Wildman–Crippen LogP) is 2.92. The van der Waals surface area contributed by atoms with E-state index in [2.05, 4.69) is 10.3 Å². The zero-order valence-electron chi connectivity index (χ0n) is 17.9. The number of nitrogens with one attached hydrogen (secondary N) is 1. The molecule has 8 heteroatoms. The molecule has 3 rings (SSSR count). The summed E-state index contributed by atoms with van der Waals surface area (Å²) >= 11 is 0. The molecular weight excluding hydrogens is 398 g/mol. The van der Waals surface area contributed by atoms with Crippen molar-refractivity contribution in [1.82, 2.24) is 14.9 Å². The van der Waals surface area contributed by atoms with Gasteiger partial charge in [0.25, 0.3) is 5.91 Å². The van der Waals surface area contributed by atoms with Gasteiger partial charge in [0.2, 0.25) is 0 Å². The van der Waals surface area contributed by atoms with Gasteiger partial charge in [-0.2, -0.15) is 0 Å². The van der Waals surface area contributed by atoms with Crippen molar-refractivity contribution >= 4 is 11.7 Å². The number of ether oxygens (including phenoxy) is 3. The molecule has 0 radical (unpaired) electrons. The number of hydrogen-bond donors (Lipinski definition) is 1. The van der Waals surface area contributed by atoms with E-state index in [9.17, 15) is 9.59 Å². The molecule has 0 fully saturated rings. The Bertz CT molecular complexity index is 1040. The Hall–Kier alpha value is -3.81. The van der Waals surface area contributed by atoms with Gasteiger partial charge in [0.05, 0.1) is 14.2 Å². The van der Waals surface area contributed by atoms with Crippen LogP contribution in [0.3, 0.4) is 0 Å². The molecule has 3 aromatic rings. The number of methoxy groups -OCH3 is 2. The molecule has 162 valence electrons. The summed E-state index contributed by atoms with van der Waals surface area (Å²) in [4.78, 5) is 28.5. The zero-order chi connectivity index (χ0) is 22.4.